The number of carbonyl (C=O) groups is 1. The summed E-state index contributed by atoms with van der Waals surface area (Å²) < 4.78 is 13.4. The zero-order chi connectivity index (χ0) is 15.9. The molecule has 2 N–H and O–H groups in total. The van der Waals surface area contributed by atoms with Crippen molar-refractivity contribution in [2.45, 2.75) is 6.04 Å². The normalized spacial score (nSPS) is 12.0. The number of nitrogens with zero attached hydrogens (tertiary/aromatic N) is 2. The molecule has 6 heteroatoms. The number of halogens is 1. The van der Waals surface area contributed by atoms with E-state index in [9.17, 15) is 9.18 Å². The van der Waals surface area contributed by atoms with Gasteiger partial charge < -0.3 is 15.5 Å². The summed E-state index contributed by atoms with van der Waals surface area (Å²) in [6, 6.07) is 9.44. The number of likely N-dealkylation sites (N-methyl/N-ethyl adjacent to an activating group) is 1. The highest BCUT2D eigenvalue weighted by atomic mass is 19.1. The quantitative estimate of drug-likeness (QED) is 0.892. The van der Waals surface area contributed by atoms with Crippen LogP contribution in [-0.4, -0.2) is 36.6 Å². The third kappa shape index (κ3) is 4.53. The van der Waals surface area contributed by atoms with E-state index < -0.39 is 0 Å². The highest BCUT2D eigenvalue weighted by molar-refractivity contribution is 5.88. The minimum Gasteiger partial charge on any atom is -0.336 e. The molecule has 1 aromatic carbocycles. The summed E-state index contributed by atoms with van der Waals surface area (Å²) in [4.78, 5) is 17.8. The molecule has 0 spiro atoms. The van der Waals surface area contributed by atoms with E-state index in [4.69, 9.17) is 0 Å². The summed E-state index contributed by atoms with van der Waals surface area (Å²) in [5.41, 5.74) is 1.43. The Bertz CT molecular complexity index is 619. The summed E-state index contributed by atoms with van der Waals surface area (Å²) in [7, 11) is 3.77. The number of urea groups is 1. The van der Waals surface area contributed by atoms with Crippen molar-refractivity contribution in [3.8, 4) is 0 Å². The van der Waals surface area contributed by atoms with E-state index in [1.54, 1.807) is 30.6 Å². The monoisotopic (exact) mass is 302 g/mol. The summed E-state index contributed by atoms with van der Waals surface area (Å²) in [5.74, 6) is -0.288. The maximum absolute atomic E-state index is 13.4. The van der Waals surface area contributed by atoms with Crippen LogP contribution in [0.2, 0.25) is 0 Å². The molecule has 116 valence electrons. The summed E-state index contributed by atoms with van der Waals surface area (Å²) in [6.45, 7) is 0.364. The van der Waals surface area contributed by atoms with Crippen molar-refractivity contribution < 1.29 is 9.18 Å². The third-order valence-electron chi connectivity index (χ3n) is 3.23. The summed E-state index contributed by atoms with van der Waals surface area (Å²) in [5, 5.41) is 5.48. The van der Waals surface area contributed by atoms with Gasteiger partial charge in [0.05, 0.1) is 17.9 Å². The largest absolute Gasteiger partial charge is 0.336 e. The number of hydrogen-bond donors (Lipinski definition) is 2. The van der Waals surface area contributed by atoms with Gasteiger partial charge in [-0.25, -0.2) is 9.18 Å². The second kappa shape index (κ2) is 7.51. The highest BCUT2D eigenvalue weighted by Crippen LogP contribution is 2.18. The molecule has 22 heavy (non-hydrogen) atoms. The number of carbonyl (C=O) groups excluding carboxylic acids is 1. The molecule has 0 unspecified atom stereocenters. The van der Waals surface area contributed by atoms with Gasteiger partial charge in [-0.3, -0.25) is 4.98 Å². The zero-order valence-corrected chi connectivity index (χ0v) is 12.6. The van der Waals surface area contributed by atoms with E-state index >= 15 is 0 Å². The predicted octanol–water partition coefficient (Wildman–Crippen LogP) is 2.65. The smallest absolute Gasteiger partial charge is 0.319 e. The van der Waals surface area contributed by atoms with Crippen LogP contribution in [-0.2, 0) is 0 Å². The minimum atomic E-state index is -0.323. The van der Waals surface area contributed by atoms with E-state index in [0.29, 0.717) is 12.2 Å². The van der Waals surface area contributed by atoms with Gasteiger partial charge >= 0.3 is 6.03 Å². The molecule has 0 fully saturated rings. The molecule has 0 saturated heterocycles. The SMILES string of the molecule is CN(C)[C@@H](CNC(=O)Nc1cccnc1)c1cccc(F)c1. The number of benzene rings is 1. The van der Waals surface area contributed by atoms with E-state index in [-0.39, 0.29) is 17.9 Å². The van der Waals surface area contributed by atoms with Gasteiger partial charge in [-0.15, -0.1) is 0 Å². The molecule has 1 heterocycles. The van der Waals surface area contributed by atoms with Crippen LogP contribution in [0.3, 0.4) is 0 Å². The fraction of sp³-hybridized carbons (Fsp3) is 0.250. The van der Waals surface area contributed by atoms with Crippen molar-refractivity contribution >= 4 is 11.7 Å². The Morgan fingerprint density at radius 2 is 2.14 bits per heavy atom. The van der Waals surface area contributed by atoms with Crippen LogP contribution in [0.1, 0.15) is 11.6 Å². The summed E-state index contributed by atoms with van der Waals surface area (Å²) >= 11 is 0. The fourth-order valence-corrected chi connectivity index (χ4v) is 2.11. The first kappa shape index (κ1) is 15.9. The Morgan fingerprint density at radius 1 is 1.32 bits per heavy atom. The number of aromatic nitrogens is 1. The second-order valence-corrected chi connectivity index (χ2v) is 5.11. The Morgan fingerprint density at radius 3 is 2.77 bits per heavy atom. The van der Waals surface area contributed by atoms with E-state index in [0.717, 1.165) is 5.56 Å². The molecule has 2 amide bonds. The van der Waals surface area contributed by atoms with Crippen LogP contribution >= 0.6 is 0 Å². The first-order valence-corrected chi connectivity index (χ1v) is 6.93. The van der Waals surface area contributed by atoms with Crippen LogP contribution in [0, 0.1) is 5.82 Å². The lowest BCUT2D eigenvalue weighted by Crippen LogP contribution is -2.36. The lowest BCUT2D eigenvalue weighted by molar-refractivity contribution is 0.243. The van der Waals surface area contributed by atoms with Gasteiger partial charge in [0.1, 0.15) is 5.82 Å². The van der Waals surface area contributed by atoms with Gasteiger partial charge in [0.15, 0.2) is 0 Å². The molecule has 0 bridgehead atoms. The van der Waals surface area contributed by atoms with Crippen LogP contribution in [0.4, 0.5) is 14.9 Å². The Balaban J connectivity index is 1.96. The van der Waals surface area contributed by atoms with Crippen molar-refractivity contribution in [1.82, 2.24) is 15.2 Å². The molecule has 1 aromatic heterocycles. The maximum Gasteiger partial charge on any atom is 0.319 e. The molecule has 5 nitrogen and oxygen atoms in total. The van der Waals surface area contributed by atoms with Gasteiger partial charge in [-0.05, 0) is 43.9 Å². The minimum absolute atomic E-state index is 0.115. The van der Waals surface area contributed by atoms with Crippen molar-refractivity contribution in [2.75, 3.05) is 26.0 Å². The molecule has 0 saturated carbocycles. The highest BCUT2D eigenvalue weighted by Gasteiger charge is 2.15. The van der Waals surface area contributed by atoms with Crippen molar-refractivity contribution in [3.63, 3.8) is 0 Å². The van der Waals surface area contributed by atoms with Gasteiger partial charge in [-0.2, -0.15) is 0 Å². The topological polar surface area (TPSA) is 57.3 Å². The number of nitrogens with one attached hydrogen (secondary N) is 2. The Hall–Kier alpha value is -2.47. The Labute approximate surface area is 129 Å². The van der Waals surface area contributed by atoms with Gasteiger partial charge in [0.2, 0.25) is 0 Å². The van der Waals surface area contributed by atoms with E-state index in [2.05, 4.69) is 15.6 Å². The standard InChI is InChI=1S/C16H19FN4O/c1-21(2)15(12-5-3-6-13(17)9-12)11-19-16(22)20-14-7-4-8-18-10-14/h3-10,15H,11H2,1-2H3,(H2,19,20,22)/t15-/m0/s1. The van der Waals surface area contributed by atoms with Crippen LogP contribution < -0.4 is 10.6 Å². The predicted molar refractivity (Wildman–Crippen MR) is 84.1 cm³/mol. The second-order valence-electron chi connectivity index (χ2n) is 5.11. The molecular formula is C16H19FN4O. The molecule has 2 rings (SSSR count). The molecular weight excluding hydrogens is 283 g/mol. The van der Waals surface area contributed by atoms with Crippen molar-refractivity contribution in [1.29, 1.82) is 0 Å². The van der Waals surface area contributed by atoms with E-state index in [1.807, 2.05) is 25.1 Å². The van der Waals surface area contributed by atoms with Crippen LogP contribution in [0.25, 0.3) is 0 Å². The average Bonchev–Trinajstić information content (AvgIpc) is 2.48. The number of anilines is 1. The first-order chi connectivity index (χ1) is 10.6. The van der Waals surface area contributed by atoms with Crippen molar-refractivity contribution in [2.24, 2.45) is 0 Å². The number of amides is 2. The van der Waals surface area contributed by atoms with Crippen molar-refractivity contribution in [3.05, 3.63) is 60.2 Å². The first-order valence-electron chi connectivity index (χ1n) is 6.93. The molecule has 0 radical (unpaired) electrons. The van der Waals surface area contributed by atoms with Gasteiger partial charge in [-0.1, -0.05) is 12.1 Å². The van der Waals surface area contributed by atoms with Gasteiger partial charge in [0, 0.05) is 12.7 Å². The van der Waals surface area contributed by atoms with Crippen LogP contribution in [0.5, 0.6) is 0 Å². The van der Waals surface area contributed by atoms with Crippen LogP contribution in [0.15, 0.2) is 48.8 Å². The number of pyridine rings is 1. The molecule has 0 aliphatic rings. The average molecular weight is 302 g/mol. The molecule has 1 atom stereocenters. The van der Waals surface area contributed by atoms with E-state index in [1.165, 1.54) is 12.1 Å². The molecule has 2 aromatic rings. The van der Waals surface area contributed by atoms with Gasteiger partial charge in [0.25, 0.3) is 0 Å². The molecule has 0 aliphatic heterocycles. The number of hydrogen-bond acceptors (Lipinski definition) is 3. The summed E-state index contributed by atoms with van der Waals surface area (Å²) in [6.07, 6.45) is 3.20. The molecule has 0 aliphatic carbocycles. The third-order valence-corrected chi connectivity index (χ3v) is 3.23. The lowest BCUT2D eigenvalue weighted by Gasteiger charge is -2.25. The number of rotatable bonds is 5. The maximum atomic E-state index is 13.4. The zero-order valence-electron chi connectivity index (χ0n) is 12.6. The lowest BCUT2D eigenvalue weighted by atomic mass is 10.1. The fourth-order valence-electron chi connectivity index (χ4n) is 2.11. The Kier molecular flexibility index (Phi) is 5.43.